The van der Waals surface area contributed by atoms with Gasteiger partial charge in [-0.25, -0.2) is 9.37 Å². The van der Waals surface area contributed by atoms with Gasteiger partial charge >= 0.3 is 5.97 Å². The Morgan fingerprint density at radius 3 is 2.20 bits per heavy atom. The van der Waals surface area contributed by atoms with Gasteiger partial charge in [0.05, 0.1) is 0 Å². The molecule has 0 aromatic heterocycles. The van der Waals surface area contributed by atoms with Crippen molar-refractivity contribution in [1.29, 1.82) is 0 Å². The van der Waals surface area contributed by atoms with Crippen LogP contribution in [0.3, 0.4) is 0 Å². The summed E-state index contributed by atoms with van der Waals surface area (Å²) in [5, 5.41) is 9.03. The monoisotopic (exact) mass is 274 g/mol. The van der Waals surface area contributed by atoms with E-state index in [1.165, 1.54) is 0 Å². The number of hydrogen-bond donors (Lipinski definition) is 1. The minimum atomic E-state index is -0.930. The topological polar surface area (TPSA) is 40.3 Å². The molecule has 0 atom stereocenters. The molecule has 0 saturated carbocycles. The summed E-state index contributed by atoms with van der Waals surface area (Å²) in [4.78, 5) is 11.0. The van der Waals surface area contributed by atoms with Gasteiger partial charge in [0.15, 0.2) is 5.70 Å². The summed E-state index contributed by atoms with van der Waals surface area (Å²) < 4.78 is 1.72. The minimum absolute atomic E-state index is 0.281. The Morgan fingerprint density at radius 2 is 1.85 bits per heavy atom. The Hall–Kier alpha value is -2.12. The van der Waals surface area contributed by atoms with Crippen LogP contribution in [0.1, 0.15) is 27.7 Å². The lowest BCUT2D eigenvalue weighted by Gasteiger charge is -2.07. The van der Waals surface area contributed by atoms with E-state index in [1.54, 1.807) is 17.6 Å². The normalized spacial score (nSPS) is 13.7. The van der Waals surface area contributed by atoms with Crippen LogP contribution in [0, 0.1) is 5.92 Å². The van der Waals surface area contributed by atoms with Gasteiger partial charge in [0.25, 0.3) is 0 Å². The van der Waals surface area contributed by atoms with E-state index < -0.39 is 5.97 Å². The van der Waals surface area contributed by atoms with Crippen LogP contribution in [0.25, 0.3) is 0 Å². The van der Waals surface area contributed by atoms with E-state index in [1.807, 2.05) is 26.1 Å². The van der Waals surface area contributed by atoms with Gasteiger partial charge in [-0.2, -0.15) is 0 Å². The lowest BCUT2D eigenvalue weighted by atomic mass is 9.98. The van der Waals surface area contributed by atoms with Gasteiger partial charge in [0, 0.05) is 18.1 Å². The first-order valence-electron chi connectivity index (χ1n) is 6.44. The second-order valence-electron chi connectivity index (χ2n) is 5.02. The molecule has 0 aromatic rings. The van der Waals surface area contributed by atoms with Crippen LogP contribution < -0.4 is 0 Å². The number of nitrogens with zero attached hydrogens (tertiary/aromatic N) is 1. The SMILES string of the molecule is C=C=CC(=CC(C=C(C)C(=O)O)=C(C)[N+](=C)C)C(C)C. The summed E-state index contributed by atoms with van der Waals surface area (Å²) in [5.74, 6) is -0.638. The Bertz CT molecular complexity index is 539. The number of carboxylic acids is 1. The molecule has 0 fully saturated rings. The lowest BCUT2D eigenvalue weighted by Crippen LogP contribution is -2.04. The Balaban J connectivity index is 6.06. The summed E-state index contributed by atoms with van der Waals surface area (Å²) >= 11 is 0. The third-order valence-corrected chi connectivity index (χ3v) is 2.96. The van der Waals surface area contributed by atoms with Gasteiger partial charge in [0.2, 0.25) is 0 Å². The Kier molecular flexibility index (Phi) is 7.27. The molecular weight excluding hydrogens is 250 g/mol. The maximum absolute atomic E-state index is 11.0. The molecule has 0 bridgehead atoms. The highest BCUT2D eigenvalue weighted by Gasteiger charge is 2.10. The average Bonchev–Trinajstić information content (AvgIpc) is 2.35. The zero-order valence-electron chi connectivity index (χ0n) is 13.0. The molecule has 1 N–H and O–H groups in total. The van der Waals surface area contributed by atoms with Crippen molar-refractivity contribution in [2.45, 2.75) is 27.7 Å². The maximum Gasteiger partial charge on any atom is 0.331 e. The number of rotatable bonds is 6. The van der Waals surface area contributed by atoms with Crippen molar-refractivity contribution < 1.29 is 14.5 Å². The second-order valence-corrected chi connectivity index (χ2v) is 5.02. The van der Waals surface area contributed by atoms with Gasteiger partial charge in [-0.3, -0.25) is 0 Å². The van der Waals surface area contributed by atoms with Crippen molar-refractivity contribution in [1.82, 2.24) is 0 Å². The highest BCUT2D eigenvalue weighted by Crippen LogP contribution is 2.18. The van der Waals surface area contributed by atoms with Crippen LogP contribution in [0.15, 0.2) is 53.0 Å². The highest BCUT2D eigenvalue weighted by atomic mass is 16.4. The molecule has 0 spiro atoms. The van der Waals surface area contributed by atoms with Crippen molar-refractivity contribution in [2.75, 3.05) is 7.05 Å². The average molecular weight is 274 g/mol. The molecule has 0 heterocycles. The molecule has 0 radical (unpaired) electrons. The van der Waals surface area contributed by atoms with Crippen LogP contribution in [0.5, 0.6) is 0 Å². The van der Waals surface area contributed by atoms with Crippen LogP contribution in [0.2, 0.25) is 0 Å². The summed E-state index contributed by atoms with van der Waals surface area (Å²) in [5.41, 5.74) is 5.79. The first-order chi connectivity index (χ1) is 9.20. The van der Waals surface area contributed by atoms with Crippen molar-refractivity contribution in [3.63, 3.8) is 0 Å². The van der Waals surface area contributed by atoms with Gasteiger partial charge in [-0.15, -0.1) is 5.73 Å². The predicted octanol–water partition coefficient (Wildman–Crippen LogP) is 3.56. The molecule has 3 nitrogen and oxygen atoms in total. The summed E-state index contributed by atoms with van der Waals surface area (Å²) in [6, 6.07) is 0. The van der Waals surface area contributed by atoms with Gasteiger partial charge in [0.1, 0.15) is 13.8 Å². The maximum atomic E-state index is 11.0. The molecule has 3 heteroatoms. The number of aliphatic carboxylic acids is 1. The molecule has 108 valence electrons. The zero-order valence-corrected chi connectivity index (χ0v) is 13.0. The fourth-order valence-electron chi connectivity index (χ4n) is 1.44. The largest absolute Gasteiger partial charge is 0.478 e. The van der Waals surface area contributed by atoms with E-state index in [9.17, 15) is 4.79 Å². The van der Waals surface area contributed by atoms with Crippen LogP contribution in [0.4, 0.5) is 0 Å². The predicted molar refractivity (Wildman–Crippen MR) is 84.0 cm³/mol. The molecular formula is C17H24NO2+. The van der Waals surface area contributed by atoms with Crippen LogP contribution in [-0.2, 0) is 4.79 Å². The van der Waals surface area contributed by atoms with E-state index >= 15 is 0 Å². The lowest BCUT2D eigenvalue weighted by molar-refractivity contribution is -0.434. The van der Waals surface area contributed by atoms with E-state index in [0.29, 0.717) is 5.92 Å². The Labute approximate surface area is 121 Å². The first-order valence-corrected chi connectivity index (χ1v) is 6.44. The fourth-order valence-corrected chi connectivity index (χ4v) is 1.44. The van der Waals surface area contributed by atoms with E-state index in [-0.39, 0.29) is 5.57 Å². The number of hydrogen-bond acceptors (Lipinski definition) is 1. The van der Waals surface area contributed by atoms with Crippen LogP contribution >= 0.6 is 0 Å². The number of carboxylic acid groups (broad SMARTS) is 1. The fraction of sp³-hybridized carbons (Fsp3) is 0.353. The zero-order chi connectivity index (χ0) is 15.9. The summed E-state index contributed by atoms with van der Waals surface area (Å²) in [6.45, 7) is 15.0. The molecule has 0 aromatic carbocycles. The minimum Gasteiger partial charge on any atom is -0.478 e. The van der Waals surface area contributed by atoms with Crippen molar-refractivity contribution in [3.05, 3.63) is 53.0 Å². The molecule has 0 saturated heterocycles. The third kappa shape index (κ3) is 5.68. The quantitative estimate of drug-likeness (QED) is 0.264. The molecule has 0 unspecified atom stereocenters. The van der Waals surface area contributed by atoms with E-state index in [4.69, 9.17) is 5.11 Å². The van der Waals surface area contributed by atoms with Gasteiger partial charge in [-0.1, -0.05) is 20.4 Å². The summed E-state index contributed by atoms with van der Waals surface area (Å²) in [7, 11) is 1.82. The number of carbonyl (C=O) groups is 1. The van der Waals surface area contributed by atoms with Crippen molar-refractivity contribution in [3.8, 4) is 0 Å². The smallest absolute Gasteiger partial charge is 0.331 e. The molecule has 0 amide bonds. The van der Waals surface area contributed by atoms with Crippen LogP contribution in [-0.4, -0.2) is 29.4 Å². The highest BCUT2D eigenvalue weighted by molar-refractivity contribution is 5.86. The van der Waals surface area contributed by atoms with Crippen molar-refractivity contribution in [2.24, 2.45) is 5.92 Å². The molecule has 0 aliphatic carbocycles. The second kappa shape index (κ2) is 8.13. The molecule has 0 aliphatic heterocycles. The third-order valence-electron chi connectivity index (χ3n) is 2.96. The van der Waals surface area contributed by atoms with Gasteiger partial charge in [-0.05, 0) is 36.6 Å². The van der Waals surface area contributed by atoms with Crippen molar-refractivity contribution >= 4 is 12.7 Å². The Morgan fingerprint density at radius 1 is 1.30 bits per heavy atom. The molecule has 0 rings (SSSR count). The standard InChI is InChI=1S/C17H23NO2/c1-8-9-15(12(2)3)11-16(14(5)18(6)7)10-13(4)17(19)20/h9-12H,1,6H2,2-5,7H3/p+1. The first kappa shape index (κ1) is 17.9. The summed E-state index contributed by atoms with van der Waals surface area (Å²) in [6.07, 6.45) is 5.41. The molecule has 0 aliphatic rings. The van der Waals surface area contributed by atoms with E-state index in [2.05, 4.69) is 32.9 Å². The number of allylic oxidation sites excluding steroid dienone is 6. The van der Waals surface area contributed by atoms with Gasteiger partial charge < -0.3 is 5.11 Å². The van der Waals surface area contributed by atoms with E-state index in [0.717, 1.165) is 16.8 Å². The molecule has 20 heavy (non-hydrogen) atoms.